The molecule has 3 atom stereocenters. The van der Waals surface area contributed by atoms with Gasteiger partial charge in [-0.05, 0) is 19.3 Å². The summed E-state index contributed by atoms with van der Waals surface area (Å²) in [5.74, 6) is -3.41. The number of quaternary nitrogens is 3. The van der Waals surface area contributed by atoms with Crippen LogP contribution in [0.1, 0.15) is 38.5 Å². The summed E-state index contributed by atoms with van der Waals surface area (Å²) in [5, 5.41) is 41.1. The number of carbonyl (C=O) groups excluding carboxylic acids is 4. The van der Waals surface area contributed by atoms with Gasteiger partial charge in [-0.3, -0.25) is 26.7 Å². The average molecular weight is 672 g/mol. The van der Waals surface area contributed by atoms with Crippen LogP contribution in [0.25, 0.3) is 0 Å². The fraction of sp³-hybridized carbons (Fsp3) is 0.667. The summed E-state index contributed by atoms with van der Waals surface area (Å²) in [6, 6.07) is -2.71. The number of carboxylic acid groups (broad SMARTS) is 3. The first kappa shape index (κ1) is 59.2. The minimum absolute atomic E-state index is 0. The number of nitrogens with zero attached hydrogens (tertiary/aromatic N) is 1. The number of nitrogens with one attached hydrogen (secondary N) is 4. The molecule has 0 bridgehead atoms. The fourth-order valence-corrected chi connectivity index (χ4v) is 2.07. The molecule has 0 aliphatic heterocycles. The van der Waals surface area contributed by atoms with Crippen molar-refractivity contribution in [1.29, 1.82) is 5.59 Å². The normalized spacial score (nSPS) is 10.7. The molecule has 0 aliphatic carbocycles. The summed E-state index contributed by atoms with van der Waals surface area (Å²) < 4.78 is 0. The van der Waals surface area contributed by atoms with E-state index in [1.807, 2.05) is 0 Å². The Balaban J connectivity index is -0.0000000685. The van der Waals surface area contributed by atoms with Gasteiger partial charge in [-0.25, -0.2) is 10.3 Å². The van der Waals surface area contributed by atoms with E-state index in [2.05, 4.69) is 38.1 Å². The number of carboxylic acids is 3. The Hall–Kier alpha value is -5.22. The zero-order chi connectivity index (χ0) is 35.4. The van der Waals surface area contributed by atoms with Crippen LogP contribution in [0.2, 0.25) is 0 Å². The van der Waals surface area contributed by atoms with Gasteiger partial charge < -0.3 is 74.6 Å². The molecule has 2 amide bonds. The zero-order valence-electron chi connectivity index (χ0n) is 24.3. The number of hydroxylamine groups is 1. The zero-order valence-corrected chi connectivity index (χ0v) is 24.3. The van der Waals surface area contributed by atoms with Gasteiger partial charge in [-0.1, -0.05) is 5.59 Å². The monoisotopic (exact) mass is 671 g/mol. The second-order valence-corrected chi connectivity index (χ2v) is 7.53. The molecule has 0 fully saturated rings. The number of rotatable bonds is 15. The summed E-state index contributed by atoms with van der Waals surface area (Å²) >= 11 is 0. The van der Waals surface area contributed by atoms with E-state index < -0.39 is 42.1 Å². The molecule has 27 heteroatoms. The predicted octanol–water partition coefficient (Wildman–Crippen LogP) is -13.5. The van der Waals surface area contributed by atoms with Gasteiger partial charge in [0.05, 0.1) is 24.5 Å². The smallest absolute Gasteiger partial charge is 0.338 e. The van der Waals surface area contributed by atoms with E-state index in [-0.39, 0.29) is 22.9 Å². The lowest BCUT2D eigenvalue weighted by Crippen LogP contribution is -2.78. The quantitative estimate of drug-likeness (QED) is 0.0253. The molecule has 26 N–H and O–H groups in total. The lowest BCUT2D eigenvalue weighted by Gasteiger charge is -2.08. The van der Waals surface area contributed by atoms with Crippen molar-refractivity contribution < 1.29 is 72.9 Å². The average Bonchev–Trinajstić information content (AvgIpc) is 2.98. The molecule has 0 aromatic carbocycles. The topological polar surface area (TPSA) is 567 Å². The van der Waals surface area contributed by atoms with Crippen LogP contribution in [0.15, 0.2) is 4.99 Å². The SMILES string of the molecule is N=O.NC(=NCCCC([NH3+])C(=O)[O-])NO.NC(=O)NCCCC([NH3+])C(=O)[O-].NC(N)=[NH+]CCCC([NH3+])C(=O)[O-].O.O.O=O.O=O. The van der Waals surface area contributed by atoms with Gasteiger partial charge in [0, 0.05) is 52.2 Å². The number of aliphatic carboxylic acids is 3. The third kappa shape index (κ3) is 59.2. The van der Waals surface area contributed by atoms with Crippen LogP contribution in [0, 0.1) is 30.4 Å². The van der Waals surface area contributed by atoms with Crippen molar-refractivity contribution in [2.45, 2.75) is 56.7 Å². The van der Waals surface area contributed by atoms with Crippen LogP contribution in [-0.4, -0.2) is 89.8 Å². The highest BCUT2D eigenvalue weighted by molar-refractivity contribution is 5.76. The third-order valence-electron chi connectivity index (χ3n) is 4.19. The van der Waals surface area contributed by atoms with E-state index in [1.165, 1.54) is 0 Å². The van der Waals surface area contributed by atoms with Crippen molar-refractivity contribution in [2.24, 2.45) is 27.9 Å². The summed E-state index contributed by atoms with van der Waals surface area (Å²) in [5.41, 5.74) is 36.4. The molecule has 0 heterocycles. The Morgan fingerprint density at radius 2 is 1.11 bits per heavy atom. The van der Waals surface area contributed by atoms with Gasteiger partial charge in [-0.2, -0.15) is 4.91 Å². The van der Waals surface area contributed by atoms with E-state index in [0.29, 0.717) is 58.2 Å². The highest BCUT2D eigenvalue weighted by atomic mass is 16.7. The van der Waals surface area contributed by atoms with Crippen LogP contribution in [0.3, 0.4) is 0 Å². The first-order valence-electron chi connectivity index (χ1n) is 11.7. The van der Waals surface area contributed by atoms with Gasteiger partial charge >= 0.3 is 12.0 Å². The number of guanidine groups is 2. The highest BCUT2D eigenvalue weighted by Crippen LogP contribution is 1.92. The molecule has 0 saturated carbocycles. The molecule has 0 spiro atoms. The van der Waals surface area contributed by atoms with E-state index in [0.717, 1.165) is 0 Å². The number of hydrogen-bond acceptors (Lipinski definition) is 15. The summed E-state index contributed by atoms with van der Waals surface area (Å²) in [4.78, 5) is 82.5. The minimum Gasteiger partial charge on any atom is -0.544 e. The first-order valence-corrected chi connectivity index (χ1v) is 11.7. The molecule has 0 aromatic rings. The van der Waals surface area contributed by atoms with Crippen molar-refractivity contribution in [3.8, 4) is 0 Å². The molecule has 268 valence electrons. The van der Waals surface area contributed by atoms with Crippen molar-refractivity contribution in [3.63, 3.8) is 0 Å². The van der Waals surface area contributed by atoms with Crippen LogP contribution in [-0.2, 0) is 14.4 Å². The lowest BCUT2D eigenvalue weighted by atomic mass is 10.2. The van der Waals surface area contributed by atoms with E-state index in [1.54, 1.807) is 5.48 Å². The van der Waals surface area contributed by atoms with E-state index >= 15 is 0 Å². The largest absolute Gasteiger partial charge is 0.544 e. The molecule has 45 heavy (non-hydrogen) atoms. The van der Waals surface area contributed by atoms with Crippen LogP contribution in [0.4, 0.5) is 4.79 Å². The number of primary amides is 1. The molecular formula is C18H47N12O15+. The number of hydrogen-bond donors (Lipinski definition) is 12. The fourth-order valence-electron chi connectivity index (χ4n) is 2.07. The number of carbonyl (C=O) groups is 4. The molecule has 3 unspecified atom stereocenters. The highest BCUT2D eigenvalue weighted by Gasteiger charge is 2.07. The summed E-state index contributed by atoms with van der Waals surface area (Å²) in [6.07, 6.45) is 2.94. The summed E-state index contributed by atoms with van der Waals surface area (Å²) in [6.45, 7) is 1.27. The molecule has 0 aliphatic rings. The summed E-state index contributed by atoms with van der Waals surface area (Å²) in [7, 11) is 0. The maximum atomic E-state index is 10.2. The minimum atomic E-state index is -1.17. The molecule has 0 saturated heterocycles. The van der Waals surface area contributed by atoms with Crippen LogP contribution in [0.5, 0.6) is 0 Å². The van der Waals surface area contributed by atoms with Gasteiger partial charge in [0.25, 0.3) is 0 Å². The van der Waals surface area contributed by atoms with Crippen molar-refractivity contribution in [2.75, 3.05) is 19.6 Å². The van der Waals surface area contributed by atoms with Crippen LogP contribution < -0.4 is 71.2 Å². The molecule has 27 nitrogen and oxygen atoms in total. The second kappa shape index (κ2) is 45.8. The van der Waals surface area contributed by atoms with Crippen molar-refractivity contribution in [3.05, 3.63) is 24.8 Å². The maximum Gasteiger partial charge on any atom is 0.338 e. The van der Waals surface area contributed by atoms with Crippen molar-refractivity contribution >= 4 is 35.9 Å². The maximum absolute atomic E-state index is 10.2. The molecule has 0 rings (SSSR count). The molecular weight excluding hydrogens is 624 g/mol. The number of nitrogens with two attached hydrogens (primary N) is 4. The van der Waals surface area contributed by atoms with Gasteiger partial charge in [0.1, 0.15) is 18.1 Å². The van der Waals surface area contributed by atoms with Gasteiger partial charge in [-0.15, -0.1) is 0 Å². The Kier molecular flexibility index (Phi) is 60.2. The third-order valence-corrected chi connectivity index (χ3v) is 4.19. The van der Waals surface area contributed by atoms with Crippen LogP contribution >= 0.6 is 0 Å². The Bertz CT molecular complexity index is 787. The molecule has 0 aromatic heterocycles. The first-order chi connectivity index (χ1) is 20.1. The van der Waals surface area contributed by atoms with Gasteiger partial charge in [0.2, 0.25) is 5.96 Å². The number of nitroso groups, excluding NO2 is 1. The lowest BCUT2D eigenvalue weighted by molar-refractivity contribution is -0.466. The standard InChI is InChI=1S/C6H14N4O3.C6H14N4O2.C6H13N3O3.HNO.2O2.2H2O/c7-4(5(11)12)2-1-3-9-6(8)10-13;7-4(5(11)12)2-1-3-10-6(8)9;7-4(5(10)11)2-1-3-9-6(8)12;3*1-2;;/h4,13H,1-3,7H2,(H,11,12)(H3,8,9,10);4H,1-3,7H2,(H,11,12)(H4,8,9,10);4H,1-3,7H2,(H,10,11)(H3,8,9,12);1H;;;2*1H2/p+1. The number of aliphatic imine (C=N–C) groups is 1. The molecule has 0 radical (unpaired) electrons. The second-order valence-electron chi connectivity index (χ2n) is 7.53. The van der Waals surface area contributed by atoms with E-state index in [9.17, 15) is 34.5 Å². The Labute approximate surface area is 254 Å². The Morgan fingerprint density at radius 1 is 0.756 bits per heavy atom. The van der Waals surface area contributed by atoms with E-state index in [4.69, 9.17) is 52.9 Å². The number of amides is 2. The Morgan fingerprint density at radius 3 is 1.42 bits per heavy atom. The van der Waals surface area contributed by atoms with Crippen molar-refractivity contribution in [1.82, 2.24) is 10.8 Å². The predicted molar refractivity (Wildman–Crippen MR) is 148 cm³/mol. The number of urea groups is 1. The van der Waals surface area contributed by atoms with Gasteiger partial charge in [0.15, 0.2) is 0 Å².